The SMILES string of the molecule is CN1CN(/C(=N\C(=O)OC(C)(C)C)N(Cc2ccc[c]([Bi]3[c]4ccccc4S(=O)(=O)c4cccc[c]43)c2)C(=O)OC(C)(C)C)CN(C)C1=O. The predicted molar refractivity (Wildman–Crippen MR) is 187 cm³/mol. The number of guanidine groups is 1. The molecule has 12 nitrogen and oxygen atoms in total. The summed E-state index contributed by atoms with van der Waals surface area (Å²) in [6.07, 6.45) is -1.65. The zero-order valence-corrected chi connectivity index (χ0v) is 33.3. The van der Waals surface area contributed by atoms with Crippen LogP contribution in [0.3, 0.4) is 0 Å². The van der Waals surface area contributed by atoms with Crippen LogP contribution in [-0.2, 0) is 25.9 Å². The zero-order valence-electron chi connectivity index (χ0n) is 29.0. The second kappa shape index (κ2) is 13.7. The van der Waals surface area contributed by atoms with Crippen molar-refractivity contribution in [2.24, 2.45) is 4.99 Å². The number of benzene rings is 3. The van der Waals surface area contributed by atoms with Gasteiger partial charge in [-0.05, 0) is 0 Å². The van der Waals surface area contributed by atoms with Crippen molar-refractivity contribution in [3.63, 3.8) is 0 Å². The second-order valence-corrected chi connectivity index (χ2v) is 24.2. The van der Waals surface area contributed by atoms with Gasteiger partial charge in [0, 0.05) is 0 Å². The molecule has 260 valence electrons. The van der Waals surface area contributed by atoms with Gasteiger partial charge in [-0.3, -0.25) is 0 Å². The summed E-state index contributed by atoms with van der Waals surface area (Å²) in [6, 6.07) is 22.0. The van der Waals surface area contributed by atoms with Crippen molar-refractivity contribution >= 4 is 65.6 Å². The number of amides is 4. The van der Waals surface area contributed by atoms with E-state index in [9.17, 15) is 22.8 Å². The average Bonchev–Trinajstić information content (AvgIpc) is 3.00. The number of urea groups is 1. The van der Waals surface area contributed by atoms with Crippen LogP contribution in [0.15, 0.2) is 87.6 Å². The molecule has 2 aliphatic rings. The van der Waals surface area contributed by atoms with Gasteiger partial charge >= 0.3 is 297 Å². The van der Waals surface area contributed by atoms with Gasteiger partial charge in [-0.25, -0.2) is 0 Å². The molecule has 49 heavy (non-hydrogen) atoms. The van der Waals surface area contributed by atoms with E-state index in [2.05, 4.69) is 4.99 Å². The zero-order chi connectivity index (χ0) is 35.9. The van der Waals surface area contributed by atoms with Crippen LogP contribution in [0.25, 0.3) is 0 Å². The third-order valence-electron chi connectivity index (χ3n) is 7.44. The number of aliphatic imine (C=N–C) groups is 1. The molecule has 0 aromatic heterocycles. The van der Waals surface area contributed by atoms with Gasteiger partial charge in [0.1, 0.15) is 0 Å². The summed E-state index contributed by atoms with van der Waals surface area (Å²) in [5.41, 5.74) is -1.01. The Bertz CT molecular complexity index is 1850. The molecule has 4 amide bonds. The van der Waals surface area contributed by atoms with Gasteiger partial charge in [-0.2, -0.15) is 0 Å². The number of sulfone groups is 1. The molecule has 5 rings (SSSR count). The van der Waals surface area contributed by atoms with E-state index < -0.39 is 55.0 Å². The Hall–Kier alpha value is -4.03. The fourth-order valence-electron chi connectivity index (χ4n) is 5.54. The normalized spacial score (nSPS) is 16.5. The molecule has 0 N–H and O–H groups in total. The summed E-state index contributed by atoms with van der Waals surface area (Å²) >= 11 is -3.18. The van der Waals surface area contributed by atoms with Crippen molar-refractivity contribution < 1.29 is 32.3 Å². The van der Waals surface area contributed by atoms with E-state index in [1.165, 1.54) is 14.7 Å². The van der Waals surface area contributed by atoms with Gasteiger partial charge in [0.15, 0.2) is 0 Å². The Morgan fingerprint density at radius 1 is 0.816 bits per heavy atom. The van der Waals surface area contributed by atoms with Crippen LogP contribution in [0.4, 0.5) is 14.4 Å². The van der Waals surface area contributed by atoms with Crippen molar-refractivity contribution in [3.8, 4) is 0 Å². The Kier molecular flexibility index (Phi) is 10.1. The van der Waals surface area contributed by atoms with Crippen LogP contribution in [0, 0.1) is 0 Å². The molecule has 2 heterocycles. The van der Waals surface area contributed by atoms with E-state index in [0.29, 0.717) is 15.4 Å². The van der Waals surface area contributed by atoms with E-state index in [4.69, 9.17) is 9.47 Å². The summed E-state index contributed by atoms with van der Waals surface area (Å²) in [6.45, 7) is 10.4. The van der Waals surface area contributed by atoms with E-state index >= 15 is 0 Å². The van der Waals surface area contributed by atoms with Gasteiger partial charge in [-0.1, -0.05) is 0 Å². The topological polar surface area (TPSA) is 129 Å². The van der Waals surface area contributed by atoms with Crippen molar-refractivity contribution in [1.29, 1.82) is 0 Å². The van der Waals surface area contributed by atoms with Crippen LogP contribution in [0.5, 0.6) is 0 Å². The first-order chi connectivity index (χ1) is 22.9. The van der Waals surface area contributed by atoms with Crippen LogP contribution < -0.4 is 9.81 Å². The Morgan fingerprint density at radius 3 is 1.88 bits per heavy atom. The molecule has 1 fully saturated rings. The van der Waals surface area contributed by atoms with Crippen LogP contribution in [0.2, 0.25) is 0 Å². The number of rotatable bonds is 3. The Labute approximate surface area is 295 Å². The number of hydrogen-bond acceptors (Lipinski definition) is 7. The molecule has 0 saturated carbocycles. The van der Waals surface area contributed by atoms with Gasteiger partial charge in [0.05, 0.1) is 0 Å². The molecule has 0 radical (unpaired) electrons. The maximum atomic E-state index is 14.0. The molecule has 2 aliphatic heterocycles. The third-order valence-corrected chi connectivity index (χ3v) is 20.4. The molecule has 0 unspecified atom stereocenters. The summed E-state index contributed by atoms with van der Waals surface area (Å²) in [4.78, 5) is 50.7. The predicted octanol–water partition coefficient (Wildman–Crippen LogP) is 3.59. The number of fused-ring (bicyclic) bond motifs is 2. The maximum absolute atomic E-state index is 14.0. The van der Waals surface area contributed by atoms with E-state index in [1.807, 2.05) is 48.5 Å². The van der Waals surface area contributed by atoms with Crippen molar-refractivity contribution in [3.05, 3.63) is 78.4 Å². The van der Waals surface area contributed by atoms with Gasteiger partial charge < -0.3 is 0 Å². The first-order valence-electron chi connectivity index (χ1n) is 15.7. The number of carbonyl (C=O) groups excluding carboxylic acids is 3. The number of ether oxygens (including phenoxy) is 2. The third kappa shape index (κ3) is 8.07. The number of hydrogen-bond donors (Lipinski definition) is 0. The standard InChI is InChI=1S/C23H34N5O5.C12H8O2S.Bi/c1-22(2,3)32-19(29)24-18(27-15-25(7)20(30)26(8)16-27)28(21(31)33-23(4,5)6)14-17-12-10-9-11-13-17;13-15(14,11-7-3-1-4-8-11)12-9-5-2-6-10-12;/h9-10,12-13H,14-16H2,1-8H3;1-7,9H;/b24-18+;;. The quantitative estimate of drug-likeness (QED) is 0.174. The minimum atomic E-state index is -3.68. The molecule has 0 spiro atoms. The van der Waals surface area contributed by atoms with E-state index in [-0.39, 0.29) is 31.9 Å². The first-order valence-corrected chi connectivity index (χ1v) is 22.4. The molecular weight excluding hydrogens is 843 g/mol. The molecule has 14 heteroatoms. The first kappa shape index (κ1) is 36.3. The average molecular weight is 886 g/mol. The monoisotopic (exact) mass is 885 g/mol. The van der Waals surface area contributed by atoms with Crippen LogP contribution >= 0.6 is 0 Å². The minimum absolute atomic E-state index is 0.0393. The van der Waals surface area contributed by atoms with Crippen LogP contribution in [-0.4, -0.2) is 113 Å². The van der Waals surface area contributed by atoms with Crippen molar-refractivity contribution in [2.45, 2.75) is 69.1 Å². The van der Waals surface area contributed by atoms with Gasteiger partial charge in [0.25, 0.3) is 0 Å². The Balaban J connectivity index is 1.62. The molecule has 3 aromatic carbocycles. The number of carbonyl (C=O) groups is 3. The summed E-state index contributed by atoms with van der Waals surface area (Å²) < 4.78 is 41.4. The fourth-order valence-corrected chi connectivity index (χ4v) is 20.7. The molecule has 0 atom stereocenters. The fraction of sp³-hybridized carbons (Fsp3) is 0.371. The van der Waals surface area contributed by atoms with Crippen molar-refractivity contribution in [1.82, 2.24) is 19.6 Å². The summed E-state index contributed by atoms with van der Waals surface area (Å²) in [7, 11) is -0.446. The summed E-state index contributed by atoms with van der Waals surface area (Å²) in [5.74, 6) is -0.0393. The summed E-state index contributed by atoms with van der Waals surface area (Å²) in [5, 5.41) is 0. The van der Waals surface area contributed by atoms with Gasteiger partial charge in [-0.15, -0.1) is 0 Å². The molecule has 0 bridgehead atoms. The van der Waals surface area contributed by atoms with Gasteiger partial charge in [0.2, 0.25) is 0 Å². The molecule has 1 saturated heterocycles. The molecule has 3 aromatic rings. The number of nitrogens with zero attached hydrogens (tertiary/aromatic N) is 5. The van der Waals surface area contributed by atoms with Crippen LogP contribution in [0.1, 0.15) is 47.1 Å². The van der Waals surface area contributed by atoms with E-state index in [1.54, 1.807) is 84.8 Å². The molecule has 0 aliphatic carbocycles. The Morgan fingerprint density at radius 2 is 1.35 bits per heavy atom. The van der Waals surface area contributed by atoms with E-state index in [0.717, 1.165) is 9.81 Å². The molecular formula is C35H42BiN5O7S. The van der Waals surface area contributed by atoms with Crippen molar-refractivity contribution in [2.75, 3.05) is 27.4 Å². The second-order valence-electron chi connectivity index (χ2n) is 13.9.